The highest BCUT2D eigenvalue weighted by Gasteiger charge is 2.23. The predicted molar refractivity (Wildman–Crippen MR) is 202 cm³/mol. The first kappa shape index (κ1) is 38.3. The van der Waals surface area contributed by atoms with Crippen molar-refractivity contribution in [2.45, 2.75) is 23.6 Å². The number of benzene rings is 5. The van der Waals surface area contributed by atoms with Gasteiger partial charge in [0, 0.05) is 60.1 Å². The van der Waals surface area contributed by atoms with Gasteiger partial charge in [-0.3, -0.25) is 9.59 Å². The molecule has 6 amide bonds. The van der Waals surface area contributed by atoms with Gasteiger partial charge in [-0.15, -0.1) is 0 Å². The van der Waals surface area contributed by atoms with E-state index in [0.29, 0.717) is 22.7 Å². The summed E-state index contributed by atoms with van der Waals surface area (Å²) in [5.41, 5.74) is 2.31. The van der Waals surface area contributed by atoms with Crippen LogP contribution in [0.3, 0.4) is 0 Å². The molecule has 278 valence electrons. The number of carbonyl (C=O) groups excluding carboxylic acids is 4. The molecule has 0 aliphatic carbocycles. The molecule has 0 aliphatic rings. The van der Waals surface area contributed by atoms with Crippen molar-refractivity contribution in [1.29, 1.82) is 0 Å². The lowest BCUT2D eigenvalue weighted by atomic mass is 10.2. The standard InChI is InChI=1S/C36H32N6O10S2/c1-23(43)37-25-12-16-27(17-13-25)39-35(45)41-29-6-3-8-31(20-29)51-53(47,48)33-10-5-11-34(22-33)54(49,50)52-32-9-4-7-30(21-32)42-36(46)40-28-18-14-26(15-19-28)38-24(2)44/h3-22H,1-2H3,(H,37,43)(H,38,44)(H2,39,41,45)(H2,40,42,46). The highest BCUT2D eigenvalue weighted by Crippen LogP contribution is 2.27. The Kier molecular flexibility index (Phi) is 11.8. The van der Waals surface area contributed by atoms with Crippen LogP contribution in [0.5, 0.6) is 11.5 Å². The summed E-state index contributed by atoms with van der Waals surface area (Å²) < 4.78 is 63.3. The maximum Gasteiger partial charge on any atom is 0.339 e. The Morgan fingerprint density at radius 1 is 0.407 bits per heavy atom. The van der Waals surface area contributed by atoms with Crippen molar-refractivity contribution in [3.05, 3.63) is 121 Å². The minimum absolute atomic E-state index is 0.174. The topological polar surface area (TPSA) is 227 Å². The molecule has 0 aromatic heterocycles. The molecule has 0 bridgehead atoms. The first-order valence-corrected chi connectivity index (χ1v) is 18.6. The Labute approximate surface area is 310 Å². The van der Waals surface area contributed by atoms with Crippen LogP contribution >= 0.6 is 0 Å². The summed E-state index contributed by atoms with van der Waals surface area (Å²) in [5, 5.41) is 15.6. The van der Waals surface area contributed by atoms with Crippen LogP contribution < -0.4 is 40.3 Å². The Hall–Kier alpha value is -6.92. The van der Waals surface area contributed by atoms with E-state index in [9.17, 15) is 36.0 Å². The van der Waals surface area contributed by atoms with Gasteiger partial charge in [0.25, 0.3) is 0 Å². The van der Waals surface area contributed by atoms with Gasteiger partial charge >= 0.3 is 32.3 Å². The lowest BCUT2D eigenvalue weighted by Crippen LogP contribution is -2.19. The first-order valence-electron chi connectivity index (χ1n) is 15.7. The molecule has 54 heavy (non-hydrogen) atoms. The average molecular weight is 773 g/mol. The van der Waals surface area contributed by atoms with Crippen LogP contribution in [-0.4, -0.2) is 40.7 Å². The van der Waals surface area contributed by atoms with E-state index in [2.05, 4.69) is 31.9 Å². The van der Waals surface area contributed by atoms with Crippen LogP contribution in [0, 0.1) is 0 Å². The van der Waals surface area contributed by atoms with Crippen molar-refractivity contribution in [2.24, 2.45) is 0 Å². The zero-order chi connectivity index (χ0) is 38.9. The summed E-state index contributed by atoms with van der Waals surface area (Å²) in [6.07, 6.45) is 0. The van der Waals surface area contributed by atoms with E-state index in [1.807, 2.05) is 0 Å². The SMILES string of the molecule is CC(=O)Nc1ccc(NC(=O)Nc2cccc(OS(=O)(=O)c3cccc(S(=O)(=O)Oc4cccc(NC(=O)Nc5ccc(NC(C)=O)cc5)c4)c3)c2)cc1. The summed E-state index contributed by atoms with van der Waals surface area (Å²) >= 11 is 0. The molecular weight excluding hydrogens is 741 g/mol. The normalized spacial score (nSPS) is 11.0. The van der Waals surface area contributed by atoms with Gasteiger partial charge in [-0.2, -0.15) is 16.8 Å². The zero-order valence-corrected chi connectivity index (χ0v) is 30.1. The van der Waals surface area contributed by atoms with E-state index in [-0.39, 0.29) is 34.7 Å². The van der Waals surface area contributed by atoms with Crippen LogP contribution in [-0.2, 0) is 29.8 Å². The van der Waals surface area contributed by atoms with Crippen molar-refractivity contribution < 1.29 is 44.4 Å². The molecule has 5 rings (SSSR count). The highest BCUT2D eigenvalue weighted by molar-refractivity contribution is 7.88. The summed E-state index contributed by atoms with van der Waals surface area (Å²) in [7, 11) is -9.16. The summed E-state index contributed by atoms with van der Waals surface area (Å²) in [6, 6.07) is 26.8. The van der Waals surface area contributed by atoms with Crippen molar-refractivity contribution in [2.75, 3.05) is 31.9 Å². The number of urea groups is 2. The fourth-order valence-electron chi connectivity index (χ4n) is 4.65. The quantitative estimate of drug-likeness (QED) is 0.0762. The number of amides is 6. The second-order valence-electron chi connectivity index (χ2n) is 11.3. The maximum atomic E-state index is 13.2. The Balaban J connectivity index is 1.20. The molecule has 0 aliphatic heterocycles. The molecule has 0 radical (unpaired) electrons. The highest BCUT2D eigenvalue weighted by atomic mass is 32.2. The van der Waals surface area contributed by atoms with Crippen molar-refractivity contribution in [3.63, 3.8) is 0 Å². The van der Waals surface area contributed by atoms with E-state index in [1.165, 1.54) is 68.4 Å². The van der Waals surface area contributed by atoms with Crippen molar-refractivity contribution in [1.82, 2.24) is 0 Å². The molecule has 5 aromatic carbocycles. The molecule has 0 saturated heterocycles. The second kappa shape index (κ2) is 16.6. The van der Waals surface area contributed by atoms with Gasteiger partial charge < -0.3 is 40.3 Å². The number of hydrogen-bond acceptors (Lipinski definition) is 10. The van der Waals surface area contributed by atoms with Gasteiger partial charge in [0.15, 0.2) is 0 Å². The van der Waals surface area contributed by atoms with Gasteiger partial charge in [-0.1, -0.05) is 18.2 Å². The number of anilines is 6. The summed E-state index contributed by atoms with van der Waals surface area (Å²) in [6.45, 7) is 2.74. The van der Waals surface area contributed by atoms with E-state index in [4.69, 9.17) is 8.37 Å². The molecule has 0 heterocycles. The van der Waals surface area contributed by atoms with E-state index < -0.39 is 42.1 Å². The number of rotatable bonds is 12. The largest absolute Gasteiger partial charge is 0.379 e. The Bertz CT molecular complexity index is 2260. The molecule has 0 unspecified atom stereocenters. The summed E-state index contributed by atoms with van der Waals surface area (Å²) in [5.74, 6) is -0.835. The van der Waals surface area contributed by atoms with Crippen molar-refractivity contribution in [3.8, 4) is 11.5 Å². The molecule has 0 fully saturated rings. The summed E-state index contributed by atoms with van der Waals surface area (Å²) in [4.78, 5) is 46.5. The molecule has 0 atom stereocenters. The second-order valence-corrected chi connectivity index (χ2v) is 14.4. The van der Waals surface area contributed by atoms with Crippen LogP contribution in [0.1, 0.15) is 13.8 Å². The monoisotopic (exact) mass is 772 g/mol. The zero-order valence-electron chi connectivity index (χ0n) is 28.4. The predicted octanol–water partition coefficient (Wildman–Crippen LogP) is 6.43. The van der Waals surface area contributed by atoms with Gasteiger partial charge in [0.1, 0.15) is 21.3 Å². The third kappa shape index (κ3) is 11.0. The smallest absolute Gasteiger partial charge is 0.339 e. The van der Waals surface area contributed by atoms with Gasteiger partial charge in [-0.25, -0.2) is 9.59 Å². The molecular formula is C36H32N6O10S2. The van der Waals surface area contributed by atoms with Crippen LogP contribution in [0.25, 0.3) is 0 Å². The van der Waals surface area contributed by atoms with Crippen LogP contribution in [0.2, 0.25) is 0 Å². The minimum Gasteiger partial charge on any atom is -0.379 e. The number of hydrogen-bond donors (Lipinski definition) is 6. The van der Waals surface area contributed by atoms with Crippen LogP contribution in [0.4, 0.5) is 43.7 Å². The third-order valence-electron chi connectivity index (χ3n) is 6.90. The fourth-order valence-corrected chi connectivity index (χ4v) is 6.67. The molecule has 5 aromatic rings. The molecule has 0 saturated carbocycles. The van der Waals surface area contributed by atoms with E-state index >= 15 is 0 Å². The van der Waals surface area contributed by atoms with Gasteiger partial charge in [0.2, 0.25) is 11.8 Å². The van der Waals surface area contributed by atoms with Gasteiger partial charge in [0.05, 0.1) is 0 Å². The van der Waals surface area contributed by atoms with E-state index in [0.717, 1.165) is 18.2 Å². The number of carbonyl (C=O) groups is 4. The maximum absolute atomic E-state index is 13.2. The van der Waals surface area contributed by atoms with E-state index in [1.54, 1.807) is 48.5 Å². The van der Waals surface area contributed by atoms with Gasteiger partial charge in [-0.05, 0) is 91.0 Å². The minimum atomic E-state index is -4.58. The Morgan fingerprint density at radius 2 is 0.722 bits per heavy atom. The lowest BCUT2D eigenvalue weighted by molar-refractivity contribution is -0.115. The average Bonchev–Trinajstić information content (AvgIpc) is 3.09. The molecule has 6 N–H and O–H groups in total. The third-order valence-corrected chi connectivity index (χ3v) is 9.39. The lowest BCUT2D eigenvalue weighted by Gasteiger charge is -2.12. The first-order chi connectivity index (χ1) is 25.6. The molecule has 0 spiro atoms. The molecule has 16 nitrogen and oxygen atoms in total. The number of nitrogens with one attached hydrogen (secondary N) is 6. The van der Waals surface area contributed by atoms with Crippen molar-refractivity contribution >= 4 is 78.2 Å². The Morgan fingerprint density at radius 3 is 1.07 bits per heavy atom. The van der Waals surface area contributed by atoms with Crippen LogP contribution in [0.15, 0.2) is 131 Å². The fraction of sp³-hybridized carbons (Fsp3) is 0.0556. The molecule has 18 heteroatoms.